The Morgan fingerprint density at radius 2 is 1.77 bits per heavy atom. The van der Waals surface area contributed by atoms with Crippen molar-refractivity contribution in [2.45, 2.75) is 46.5 Å². The van der Waals surface area contributed by atoms with Crippen LogP contribution in [0, 0.1) is 0 Å². The van der Waals surface area contributed by atoms with Gasteiger partial charge >= 0.3 is 5.97 Å². The molecule has 0 unspecified atom stereocenters. The Kier molecular flexibility index (Phi) is 16.1. The second-order valence-corrected chi connectivity index (χ2v) is 2.58. The minimum atomic E-state index is -0.0593. The first kappa shape index (κ1) is 14.9. The lowest BCUT2D eigenvalue weighted by Gasteiger charge is -1.99. The lowest BCUT2D eigenvalue weighted by atomic mass is 10.2. The van der Waals surface area contributed by atoms with Gasteiger partial charge in [0.1, 0.15) is 0 Å². The maximum absolute atomic E-state index is 10.7. The third-order valence-corrected chi connectivity index (χ3v) is 1.29. The average molecular weight is 190 g/mol. The first-order valence-corrected chi connectivity index (χ1v) is 4.99. The summed E-state index contributed by atoms with van der Waals surface area (Å²) in [6.45, 7) is 6.38. The van der Waals surface area contributed by atoms with E-state index in [-0.39, 0.29) is 12.6 Å². The Morgan fingerprint density at radius 3 is 2.15 bits per heavy atom. The summed E-state index contributed by atoms with van der Waals surface area (Å²) in [7, 11) is 0. The number of hydrogen-bond acceptors (Lipinski definition) is 3. The van der Waals surface area contributed by atoms with E-state index in [0.717, 1.165) is 19.3 Å². The maximum Gasteiger partial charge on any atom is 0.305 e. The monoisotopic (exact) mass is 190 g/mol. The van der Waals surface area contributed by atoms with Gasteiger partial charge in [-0.1, -0.05) is 19.8 Å². The van der Waals surface area contributed by atoms with Crippen LogP contribution in [-0.2, 0) is 9.53 Å². The molecule has 0 aromatic heterocycles. The van der Waals surface area contributed by atoms with Gasteiger partial charge in [-0.05, 0) is 20.3 Å². The van der Waals surface area contributed by atoms with Gasteiger partial charge in [-0.15, -0.1) is 0 Å². The number of rotatable bonds is 5. The topological polar surface area (TPSA) is 46.5 Å². The van der Waals surface area contributed by atoms with Crippen LogP contribution in [0.3, 0.4) is 0 Å². The molecule has 0 fully saturated rings. The minimum absolute atomic E-state index is 0.0593. The highest BCUT2D eigenvalue weighted by Crippen LogP contribution is 1.99. The van der Waals surface area contributed by atoms with Gasteiger partial charge in [-0.3, -0.25) is 4.79 Å². The van der Waals surface area contributed by atoms with Gasteiger partial charge in [0.05, 0.1) is 6.61 Å². The molecule has 13 heavy (non-hydrogen) atoms. The fraction of sp³-hybridized carbons (Fsp3) is 0.900. The summed E-state index contributed by atoms with van der Waals surface area (Å²) in [6, 6.07) is 0. The fourth-order valence-corrected chi connectivity index (χ4v) is 0.752. The molecule has 0 spiro atoms. The van der Waals surface area contributed by atoms with Crippen molar-refractivity contribution in [1.82, 2.24) is 0 Å². The van der Waals surface area contributed by atoms with Crippen LogP contribution in [0.2, 0.25) is 0 Å². The third kappa shape index (κ3) is 18.4. The Morgan fingerprint density at radius 1 is 1.23 bits per heavy atom. The summed E-state index contributed by atoms with van der Waals surface area (Å²) in [5.74, 6) is -0.0593. The predicted molar refractivity (Wildman–Crippen MR) is 53.5 cm³/mol. The molecule has 80 valence electrons. The molecule has 0 heterocycles. The van der Waals surface area contributed by atoms with Crippen LogP contribution in [0.4, 0.5) is 0 Å². The van der Waals surface area contributed by atoms with Crippen LogP contribution in [0.5, 0.6) is 0 Å². The Labute approximate surface area is 81.1 Å². The molecule has 0 aromatic carbocycles. The number of esters is 1. The van der Waals surface area contributed by atoms with E-state index in [1.54, 1.807) is 6.92 Å². The van der Waals surface area contributed by atoms with Gasteiger partial charge in [-0.25, -0.2) is 0 Å². The summed E-state index contributed by atoms with van der Waals surface area (Å²) < 4.78 is 4.75. The number of carbonyl (C=O) groups is 1. The smallest absolute Gasteiger partial charge is 0.305 e. The summed E-state index contributed by atoms with van der Waals surface area (Å²) >= 11 is 0. The highest BCUT2D eigenvalue weighted by molar-refractivity contribution is 5.69. The molecule has 0 aliphatic rings. The summed E-state index contributed by atoms with van der Waals surface area (Å²) in [6.07, 6.45) is 3.83. The van der Waals surface area contributed by atoms with Crippen molar-refractivity contribution in [2.75, 3.05) is 13.2 Å². The molecule has 0 aliphatic heterocycles. The molecular weight excluding hydrogens is 168 g/mol. The molecule has 0 atom stereocenters. The van der Waals surface area contributed by atoms with E-state index < -0.39 is 0 Å². The van der Waals surface area contributed by atoms with E-state index in [1.807, 2.05) is 6.92 Å². The Hall–Kier alpha value is -0.570. The van der Waals surface area contributed by atoms with E-state index in [1.165, 1.54) is 0 Å². The molecule has 0 aromatic rings. The van der Waals surface area contributed by atoms with Gasteiger partial charge in [0, 0.05) is 13.0 Å². The van der Waals surface area contributed by atoms with Gasteiger partial charge in [0.15, 0.2) is 0 Å². The van der Waals surface area contributed by atoms with Crippen molar-refractivity contribution >= 4 is 5.97 Å². The molecule has 0 radical (unpaired) electrons. The number of ether oxygens (including phenoxy) is 1. The largest absolute Gasteiger partial charge is 0.466 e. The number of unbranched alkanes of at least 4 members (excludes halogenated alkanes) is 2. The normalized spacial score (nSPS) is 8.62. The SMILES string of the molecule is CCCCCC(=O)OCC.CCO. The molecule has 0 saturated carbocycles. The molecule has 3 nitrogen and oxygen atoms in total. The van der Waals surface area contributed by atoms with Crippen LogP contribution in [0.25, 0.3) is 0 Å². The molecule has 0 saturated heterocycles. The number of carbonyl (C=O) groups excluding carboxylic acids is 1. The lowest BCUT2D eigenvalue weighted by Crippen LogP contribution is -2.02. The van der Waals surface area contributed by atoms with Crippen LogP contribution < -0.4 is 0 Å². The van der Waals surface area contributed by atoms with Gasteiger partial charge < -0.3 is 9.84 Å². The zero-order chi connectivity index (χ0) is 10.5. The maximum atomic E-state index is 10.7. The summed E-state index contributed by atoms with van der Waals surface area (Å²) in [5.41, 5.74) is 0. The van der Waals surface area contributed by atoms with Crippen molar-refractivity contribution in [3.05, 3.63) is 0 Å². The number of hydrogen-bond donors (Lipinski definition) is 1. The lowest BCUT2D eigenvalue weighted by molar-refractivity contribution is -0.143. The second kappa shape index (κ2) is 14.0. The standard InChI is InChI=1S/C8H16O2.C2H6O/c1-3-5-6-7-8(9)10-4-2;1-2-3/h3-7H2,1-2H3;3H,2H2,1H3. The molecule has 1 N–H and O–H groups in total. The first-order chi connectivity index (χ1) is 6.22. The predicted octanol–water partition coefficient (Wildman–Crippen LogP) is 2.13. The second-order valence-electron chi connectivity index (χ2n) is 2.58. The van der Waals surface area contributed by atoms with E-state index in [9.17, 15) is 4.79 Å². The number of aliphatic hydroxyl groups excluding tert-OH is 1. The van der Waals surface area contributed by atoms with Crippen molar-refractivity contribution < 1.29 is 14.6 Å². The first-order valence-electron chi connectivity index (χ1n) is 4.99. The molecule has 0 amide bonds. The molecule has 0 rings (SSSR count). The van der Waals surface area contributed by atoms with E-state index in [4.69, 9.17) is 9.84 Å². The van der Waals surface area contributed by atoms with Crippen molar-refractivity contribution in [3.63, 3.8) is 0 Å². The van der Waals surface area contributed by atoms with E-state index >= 15 is 0 Å². The highest BCUT2D eigenvalue weighted by atomic mass is 16.5. The molecule has 3 heteroatoms. The van der Waals surface area contributed by atoms with Crippen LogP contribution in [0.15, 0.2) is 0 Å². The zero-order valence-corrected chi connectivity index (χ0v) is 9.01. The van der Waals surface area contributed by atoms with Crippen molar-refractivity contribution in [1.29, 1.82) is 0 Å². The van der Waals surface area contributed by atoms with Gasteiger partial charge in [0.2, 0.25) is 0 Å². The van der Waals surface area contributed by atoms with Crippen LogP contribution >= 0.6 is 0 Å². The Bertz CT molecular complexity index is 102. The minimum Gasteiger partial charge on any atom is -0.466 e. The van der Waals surface area contributed by atoms with Crippen LogP contribution in [0.1, 0.15) is 46.5 Å². The number of aliphatic hydroxyl groups is 1. The molecular formula is C10H22O3. The highest BCUT2D eigenvalue weighted by Gasteiger charge is 1.98. The average Bonchev–Trinajstić information content (AvgIpc) is 2.07. The molecule has 0 aliphatic carbocycles. The van der Waals surface area contributed by atoms with Gasteiger partial charge in [-0.2, -0.15) is 0 Å². The molecule has 0 bridgehead atoms. The van der Waals surface area contributed by atoms with Crippen molar-refractivity contribution in [3.8, 4) is 0 Å². The van der Waals surface area contributed by atoms with Crippen LogP contribution in [-0.4, -0.2) is 24.3 Å². The quantitative estimate of drug-likeness (QED) is 0.533. The van der Waals surface area contributed by atoms with Gasteiger partial charge in [0.25, 0.3) is 0 Å². The summed E-state index contributed by atoms with van der Waals surface area (Å²) in [4.78, 5) is 10.7. The van der Waals surface area contributed by atoms with E-state index in [2.05, 4.69) is 6.92 Å². The van der Waals surface area contributed by atoms with E-state index in [0.29, 0.717) is 13.0 Å². The van der Waals surface area contributed by atoms with Crippen molar-refractivity contribution in [2.24, 2.45) is 0 Å². The fourth-order valence-electron chi connectivity index (χ4n) is 0.752. The Balaban J connectivity index is 0. The summed E-state index contributed by atoms with van der Waals surface area (Å²) in [5, 5.41) is 7.57. The third-order valence-electron chi connectivity index (χ3n) is 1.29. The zero-order valence-electron chi connectivity index (χ0n) is 9.01.